The highest BCUT2D eigenvalue weighted by molar-refractivity contribution is 7.09. The zero-order chi connectivity index (χ0) is 13.8. The van der Waals surface area contributed by atoms with Gasteiger partial charge < -0.3 is 0 Å². The smallest absolute Gasteiger partial charge is 0.0364 e. The Morgan fingerprint density at radius 2 is 1.90 bits per heavy atom. The Kier molecular flexibility index (Phi) is 4.80. The molecule has 106 valence electrons. The van der Waals surface area contributed by atoms with E-state index in [2.05, 4.69) is 47.8 Å². The molecule has 0 amide bonds. The quantitative estimate of drug-likeness (QED) is 0.619. The third-order valence-corrected chi connectivity index (χ3v) is 6.01. The highest BCUT2D eigenvalue weighted by Crippen LogP contribution is 2.40. The van der Waals surface area contributed by atoms with Crippen LogP contribution >= 0.6 is 22.9 Å². The molecule has 0 radical (unpaired) electrons. The summed E-state index contributed by atoms with van der Waals surface area (Å²) >= 11 is 8.45. The molecule has 3 rings (SSSR count). The molecule has 2 aromatic rings. The molecule has 20 heavy (non-hydrogen) atoms. The van der Waals surface area contributed by atoms with Crippen LogP contribution in [0.3, 0.4) is 0 Å². The molecule has 1 aromatic heterocycles. The molecule has 0 spiro atoms. The van der Waals surface area contributed by atoms with Crippen LogP contribution < -0.4 is 0 Å². The zero-order valence-corrected chi connectivity index (χ0v) is 13.2. The SMILES string of the molecule is ClC1CCC(c2ccccc2)CC1CCc1cccs1. The predicted octanol–water partition coefficient (Wildman–Crippen LogP) is 5.87. The number of aryl methyl sites for hydroxylation is 1. The van der Waals surface area contributed by atoms with Gasteiger partial charge in [0, 0.05) is 10.3 Å². The molecule has 0 bridgehead atoms. The van der Waals surface area contributed by atoms with Gasteiger partial charge in [-0.15, -0.1) is 22.9 Å². The minimum atomic E-state index is 0.370. The topological polar surface area (TPSA) is 0 Å². The van der Waals surface area contributed by atoms with E-state index in [4.69, 9.17) is 11.6 Å². The number of alkyl halides is 1. The van der Waals surface area contributed by atoms with Crippen molar-refractivity contribution in [1.82, 2.24) is 0 Å². The summed E-state index contributed by atoms with van der Waals surface area (Å²) in [6.07, 6.45) is 6.08. The Morgan fingerprint density at radius 3 is 2.65 bits per heavy atom. The van der Waals surface area contributed by atoms with Gasteiger partial charge in [-0.2, -0.15) is 0 Å². The fraction of sp³-hybridized carbons (Fsp3) is 0.444. The molecule has 1 fully saturated rings. The van der Waals surface area contributed by atoms with E-state index in [0.29, 0.717) is 17.2 Å². The Hall–Kier alpha value is -0.790. The molecule has 1 saturated carbocycles. The van der Waals surface area contributed by atoms with E-state index in [1.54, 1.807) is 0 Å². The third-order valence-electron chi connectivity index (χ3n) is 4.50. The van der Waals surface area contributed by atoms with Gasteiger partial charge in [-0.1, -0.05) is 36.4 Å². The molecule has 0 aliphatic heterocycles. The first kappa shape index (κ1) is 14.2. The normalized spacial score (nSPS) is 26.6. The summed E-state index contributed by atoms with van der Waals surface area (Å²) in [4.78, 5) is 1.50. The monoisotopic (exact) mass is 304 g/mol. The number of rotatable bonds is 4. The van der Waals surface area contributed by atoms with E-state index in [1.807, 2.05) is 11.3 Å². The molecule has 0 nitrogen and oxygen atoms in total. The Bertz CT molecular complexity index is 505. The number of thiophene rings is 1. The van der Waals surface area contributed by atoms with Crippen LogP contribution in [0.15, 0.2) is 47.8 Å². The minimum absolute atomic E-state index is 0.370. The first-order valence-electron chi connectivity index (χ1n) is 7.54. The molecule has 1 aromatic carbocycles. The van der Waals surface area contributed by atoms with Crippen LogP contribution in [0.4, 0.5) is 0 Å². The van der Waals surface area contributed by atoms with Gasteiger partial charge in [0.15, 0.2) is 0 Å². The largest absolute Gasteiger partial charge is 0.149 e. The lowest BCUT2D eigenvalue weighted by Gasteiger charge is -2.33. The van der Waals surface area contributed by atoms with E-state index < -0.39 is 0 Å². The lowest BCUT2D eigenvalue weighted by Crippen LogP contribution is -2.25. The summed E-state index contributed by atoms with van der Waals surface area (Å²) in [5.74, 6) is 1.37. The van der Waals surface area contributed by atoms with Gasteiger partial charge in [-0.05, 0) is 60.9 Å². The fourth-order valence-corrected chi connectivity index (χ4v) is 4.42. The second kappa shape index (κ2) is 6.78. The second-order valence-electron chi connectivity index (χ2n) is 5.81. The van der Waals surface area contributed by atoms with Crippen molar-refractivity contribution in [3.05, 3.63) is 58.3 Å². The van der Waals surface area contributed by atoms with Crippen LogP contribution in [0.1, 0.15) is 42.0 Å². The summed E-state index contributed by atoms with van der Waals surface area (Å²) in [5, 5.41) is 2.54. The fourth-order valence-electron chi connectivity index (χ4n) is 3.34. The van der Waals surface area contributed by atoms with Gasteiger partial charge in [0.05, 0.1) is 0 Å². The van der Waals surface area contributed by atoms with Crippen LogP contribution in [0, 0.1) is 5.92 Å². The van der Waals surface area contributed by atoms with Crippen molar-refractivity contribution in [3.8, 4) is 0 Å². The van der Waals surface area contributed by atoms with Crippen molar-refractivity contribution in [2.75, 3.05) is 0 Å². The molecule has 0 saturated heterocycles. The third kappa shape index (κ3) is 3.45. The van der Waals surface area contributed by atoms with E-state index in [1.165, 1.54) is 36.1 Å². The van der Waals surface area contributed by atoms with Gasteiger partial charge >= 0.3 is 0 Å². The maximum Gasteiger partial charge on any atom is 0.0364 e. The number of hydrogen-bond acceptors (Lipinski definition) is 1. The molecule has 1 aliphatic rings. The first-order valence-corrected chi connectivity index (χ1v) is 8.86. The summed E-state index contributed by atoms with van der Waals surface area (Å²) in [5.41, 5.74) is 1.50. The van der Waals surface area contributed by atoms with E-state index in [9.17, 15) is 0 Å². The van der Waals surface area contributed by atoms with Gasteiger partial charge in [0.25, 0.3) is 0 Å². The Labute approximate surface area is 130 Å². The van der Waals surface area contributed by atoms with Crippen LogP contribution in [0.5, 0.6) is 0 Å². The summed E-state index contributed by atoms with van der Waals surface area (Å²) in [6.45, 7) is 0. The van der Waals surface area contributed by atoms with Crippen molar-refractivity contribution in [2.24, 2.45) is 5.92 Å². The molecule has 1 heterocycles. The highest BCUT2D eigenvalue weighted by Gasteiger charge is 2.29. The van der Waals surface area contributed by atoms with Gasteiger partial charge in [-0.25, -0.2) is 0 Å². The minimum Gasteiger partial charge on any atom is -0.149 e. The first-order chi connectivity index (χ1) is 9.83. The molecule has 2 heteroatoms. The van der Waals surface area contributed by atoms with E-state index >= 15 is 0 Å². The lowest BCUT2D eigenvalue weighted by molar-refractivity contribution is 0.313. The van der Waals surface area contributed by atoms with Crippen molar-refractivity contribution in [1.29, 1.82) is 0 Å². The molecule has 0 N–H and O–H groups in total. The van der Waals surface area contributed by atoms with Crippen molar-refractivity contribution < 1.29 is 0 Å². The maximum absolute atomic E-state index is 6.58. The molecule has 3 atom stereocenters. The predicted molar refractivity (Wildman–Crippen MR) is 88.8 cm³/mol. The summed E-state index contributed by atoms with van der Waals surface area (Å²) in [7, 11) is 0. The second-order valence-corrected chi connectivity index (χ2v) is 7.41. The molecule has 1 aliphatic carbocycles. The number of halogens is 1. The van der Waals surface area contributed by atoms with Crippen LogP contribution in [0.2, 0.25) is 0 Å². The highest BCUT2D eigenvalue weighted by atomic mass is 35.5. The Morgan fingerprint density at radius 1 is 1.05 bits per heavy atom. The van der Waals surface area contributed by atoms with Crippen LogP contribution in [-0.4, -0.2) is 5.38 Å². The number of hydrogen-bond donors (Lipinski definition) is 0. The van der Waals surface area contributed by atoms with Gasteiger partial charge in [0.1, 0.15) is 0 Å². The molecular weight excluding hydrogens is 284 g/mol. The van der Waals surface area contributed by atoms with Crippen molar-refractivity contribution in [2.45, 2.75) is 43.4 Å². The van der Waals surface area contributed by atoms with Crippen LogP contribution in [0.25, 0.3) is 0 Å². The average molecular weight is 305 g/mol. The van der Waals surface area contributed by atoms with Crippen LogP contribution in [-0.2, 0) is 6.42 Å². The summed E-state index contributed by atoms with van der Waals surface area (Å²) in [6, 6.07) is 15.3. The van der Waals surface area contributed by atoms with E-state index in [0.717, 1.165) is 6.42 Å². The van der Waals surface area contributed by atoms with E-state index in [-0.39, 0.29) is 0 Å². The Balaban J connectivity index is 1.61. The standard InChI is InChI=1S/C18H21ClS/c19-18-11-9-15(14-5-2-1-3-6-14)13-16(18)8-10-17-7-4-12-20-17/h1-7,12,15-16,18H,8-11,13H2. The number of benzene rings is 1. The zero-order valence-electron chi connectivity index (χ0n) is 11.7. The molecular formula is C18H21ClS. The lowest BCUT2D eigenvalue weighted by atomic mass is 9.76. The van der Waals surface area contributed by atoms with Crippen molar-refractivity contribution >= 4 is 22.9 Å². The maximum atomic E-state index is 6.58. The van der Waals surface area contributed by atoms with Gasteiger partial charge in [-0.3, -0.25) is 0 Å². The van der Waals surface area contributed by atoms with Gasteiger partial charge in [0.2, 0.25) is 0 Å². The molecule has 3 unspecified atom stereocenters. The summed E-state index contributed by atoms with van der Waals surface area (Å²) < 4.78 is 0. The van der Waals surface area contributed by atoms with Crippen molar-refractivity contribution in [3.63, 3.8) is 0 Å². The average Bonchev–Trinajstić information content (AvgIpc) is 3.01.